The summed E-state index contributed by atoms with van der Waals surface area (Å²) in [6.45, 7) is 0. The fourth-order valence-corrected chi connectivity index (χ4v) is 1.17. The molecule has 0 aromatic heterocycles. The molecule has 0 spiro atoms. The Morgan fingerprint density at radius 3 is 1.94 bits per heavy atom. The van der Waals surface area contributed by atoms with Gasteiger partial charge in [0.05, 0.1) is 22.4 Å². The molecular weight excluding hydrogens is 200 g/mol. The van der Waals surface area contributed by atoms with Crippen molar-refractivity contribution in [3.63, 3.8) is 0 Å². The largest absolute Gasteiger partial charge is 0.497 e. The second-order valence-electron chi connectivity index (χ2n) is 2.97. The van der Waals surface area contributed by atoms with Gasteiger partial charge in [-0.2, -0.15) is 0 Å². The van der Waals surface area contributed by atoms with Gasteiger partial charge < -0.3 is 9.47 Å². The average molecular weight is 220 g/mol. The molecule has 0 fully saturated rings. The smallest absolute Gasteiger partial charge is 0.118 e. The van der Waals surface area contributed by atoms with Crippen LogP contribution >= 0.6 is 0 Å². The summed E-state index contributed by atoms with van der Waals surface area (Å²) in [7, 11) is 2.66. The molecule has 0 N–H and O–H groups in total. The lowest BCUT2D eigenvalue weighted by atomic mass is 10.1. The van der Waals surface area contributed by atoms with Crippen LogP contribution in [-0.4, -0.2) is 14.2 Å². The van der Waals surface area contributed by atoms with Gasteiger partial charge in [-0.15, -0.1) is 0 Å². The molecule has 0 saturated heterocycles. The molecule has 0 unspecified atom stereocenters. The Hall–Kier alpha value is -1.96. The lowest BCUT2D eigenvalue weighted by Gasteiger charge is -2.05. The molecule has 0 bridgehead atoms. The number of methoxy groups -OCH3 is 2. The zero-order chi connectivity index (χ0) is 16.6. The quantitative estimate of drug-likeness (QED) is 0.789. The van der Waals surface area contributed by atoms with Crippen LogP contribution in [0.2, 0.25) is 0 Å². The first-order valence-electron chi connectivity index (χ1n) is 7.64. The molecule has 0 saturated carbocycles. The molecular formula is C14H14O2. The molecule has 0 atom stereocenters. The maximum absolute atomic E-state index is 8.03. The molecule has 0 heterocycles. The highest BCUT2D eigenvalue weighted by atomic mass is 16.5. The Balaban J connectivity index is 2.82. The third-order valence-corrected chi connectivity index (χ3v) is 2.02. The lowest BCUT2D eigenvalue weighted by Crippen LogP contribution is -1.84. The summed E-state index contributed by atoms with van der Waals surface area (Å²) in [5.74, 6) is 0.0578. The molecule has 2 nitrogen and oxygen atoms in total. The fraction of sp³-hybridized carbons (Fsp3) is 0.143. The molecule has 2 aromatic rings. The summed E-state index contributed by atoms with van der Waals surface area (Å²) in [6, 6.07) is 1.27. The molecule has 16 heavy (non-hydrogen) atoms. The third kappa shape index (κ3) is 2.16. The van der Waals surface area contributed by atoms with E-state index in [-0.39, 0.29) is 58.9 Å². The summed E-state index contributed by atoms with van der Waals surface area (Å²) < 4.78 is 57.6. The van der Waals surface area contributed by atoms with Crippen LogP contribution in [0, 0.1) is 0 Å². The van der Waals surface area contributed by atoms with Crippen molar-refractivity contribution in [2.45, 2.75) is 0 Å². The van der Waals surface area contributed by atoms with Crippen molar-refractivity contribution in [2.75, 3.05) is 14.2 Å². The van der Waals surface area contributed by atoms with Gasteiger partial charge in [0, 0.05) is 0 Å². The van der Waals surface area contributed by atoms with Crippen LogP contribution in [-0.2, 0) is 0 Å². The van der Waals surface area contributed by atoms with Crippen molar-refractivity contribution < 1.29 is 17.7 Å². The molecule has 0 aliphatic heterocycles. The van der Waals surface area contributed by atoms with E-state index in [9.17, 15) is 0 Å². The van der Waals surface area contributed by atoms with Crippen molar-refractivity contribution in [1.82, 2.24) is 0 Å². The average Bonchev–Trinajstić information content (AvgIpc) is 2.50. The molecule has 0 radical (unpaired) electrons. The number of rotatable bonds is 3. The monoisotopic (exact) mass is 220 g/mol. The Morgan fingerprint density at radius 1 is 0.750 bits per heavy atom. The predicted octanol–water partition coefficient (Wildman–Crippen LogP) is 3.37. The Bertz CT molecular complexity index is 716. The molecule has 0 amide bonds. The number of ether oxygens (including phenoxy) is 2. The van der Waals surface area contributed by atoms with Crippen LogP contribution in [0.4, 0.5) is 0 Å². The van der Waals surface area contributed by atoms with E-state index in [1.807, 2.05) is 0 Å². The highest BCUT2D eigenvalue weighted by Crippen LogP contribution is 2.24. The van der Waals surface area contributed by atoms with E-state index in [4.69, 9.17) is 17.7 Å². The minimum atomic E-state index is -0.319. The molecule has 82 valence electrons. The maximum Gasteiger partial charge on any atom is 0.118 e. The minimum Gasteiger partial charge on any atom is -0.497 e. The molecule has 0 aliphatic rings. The van der Waals surface area contributed by atoms with E-state index in [0.717, 1.165) is 0 Å². The predicted molar refractivity (Wildman–Crippen MR) is 65.0 cm³/mol. The van der Waals surface area contributed by atoms with Crippen molar-refractivity contribution in [3.8, 4) is 22.6 Å². The lowest BCUT2D eigenvalue weighted by molar-refractivity contribution is 0.414. The summed E-state index contributed by atoms with van der Waals surface area (Å²) >= 11 is 0. The van der Waals surface area contributed by atoms with Gasteiger partial charge in [-0.25, -0.2) is 0 Å². The highest BCUT2D eigenvalue weighted by Gasteiger charge is 1.98. The minimum absolute atomic E-state index is 0.0306. The fourth-order valence-electron chi connectivity index (χ4n) is 1.17. The summed E-state index contributed by atoms with van der Waals surface area (Å²) in [5.41, 5.74) is 0.113. The Labute approximate surface area is 104 Å². The normalized spacial score (nSPS) is 15.1. The number of benzene rings is 2. The van der Waals surface area contributed by atoms with E-state index >= 15 is 0 Å². The summed E-state index contributed by atoms with van der Waals surface area (Å²) in [4.78, 5) is 0. The topological polar surface area (TPSA) is 18.5 Å². The Morgan fingerprint density at radius 2 is 1.31 bits per heavy atom. The van der Waals surface area contributed by atoms with Crippen LogP contribution in [0.3, 0.4) is 0 Å². The van der Waals surface area contributed by atoms with E-state index in [1.165, 1.54) is 26.4 Å². The van der Waals surface area contributed by atoms with Crippen molar-refractivity contribution in [1.29, 1.82) is 0 Å². The van der Waals surface area contributed by atoms with E-state index in [1.54, 1.807) is 0 Å². The van der Waals surface area contributed by atoms with Crippen molar-refractivity contribution >= 4 is 0 Å². The molecule has 0 aliphatic carbocycles. The SMILES string of the molecule is [2H]c1c(OC)ccc(-c2c([2H])c([2H])c(OC)c([2H])c2[2H])c1[2H]. The third-order valence-electron chi connectivity index (χ3n) is 2.02. The van der Waals surface area contributed by atoms with Crippen molar-refractivity contribution in [2.24, 2.45) is 0 Å². The van der Waals surface area contributed by atoms with Crippen LogP contribution in [0.25, 0.3) is 11.1 Å². The first-order chi connectivity index (χ1) is 10.3. The van der Waals surface area contributed by atoms with E-state index in [0.29, 0.717) is 0 Å². The second kappa shape index (κ2) is 4.71. The first-order valence-corrected chi connectivity index (χ1v) is 4.64. The maximum atomic E-state index is 8.03. The van der Waals surface area contributed by atoms with Crippen molar-refractivity contribution in [3.05, 3.63) is 48.4 Å². The standard InChI is InChI=1S/C14H14O2/c1-15-13-7-3-11(4-8-13)12-5-9-14(16-2)10-6-12/h3-10H,1-2H3/i3D,4D,5D,7D,8D,9D. The van der Waals surface area contributed by atoms with Gasteiger partial charge in [-0.1, -0.05) is 24.2 Å². The zero-order valence-corrected chi connectivity index (χ0v) is 8.97. The molecule has 2 aromatic carbocycles. The van der Waals surface area contributed by atoms with Crippen LogP contribution in [0.5, 0.6) is 11.5 Å². The van der Waals surface area contributed by atoms with Crippen LogP contribution in [0.1, 0.15) is 8.22 Å². The first kappa shape index (κ1) is 5.39. The molecule has 2 heteroatoms. The van der Waals surface area contributed by atoms with E-state index < -0.39 is 0 Å². The molecule has 2 rings (SSSR count). The summed E-state index contributed by atoms with van der Waals surface area (Å²) in [5, 5.41) is 0. The van der Waals surface area contributed by atoms with Gasteiger partial charge >= 0.3 is 0 Å². The number of hydrogen-bond acceptors (Lipinski definition) is 2. The highest BCUT2D eigenvalue weighted by molar-refractivity contribution is 5.64. The van der Waals surface area contributed by atoms with Crippen LogP contribution < -0.4 is 9.47 Å². The van der Waals surface area contributed by atoms with Gasteiger partial charge in [-0.05, 0) is 35.3 Å². The Kier molecular flexibility index (Phi) is 1.59. The second-order valence-corrected chi connectivity index (χ2v) is 2.97. The van der Waals surface area contributed by atoms with Gasteiger partial charge in [-0.3, -0.25) is 0 Å². The number of hydrogen-bond donors (Lipinski definition) is 0. The van der Waals surface area contributed by atoms with Gasteiger partial charge in [0.2, 0.25) is 0 Å². The van der Waals surface area contributed by atoms with E-state index in [2.05, 4.69) is 0 Å². The van der Waals surface area contributed by atoms with Gasteiger partial charge in [0.15, 0.2) is 0 Å². The van der Waals surface area contributed by atoms with Gasteiger partial charge in [0.1, 0.15) is 11.5 Å². The zero-order valence-electron chi connectivity index (χ0n) is 15.0. The van der Waals surface area contributed by atoms with Crippen LogP contribution in [0.15, 0.2) is 48.4 Å². The van der Waals surface area contributed by atoms with Gasteiger partial charge in [0.25, 0.3) is 0 Å². The summed E-state index contributed by atoms with van der Waals surface area (Å²) in [6.07, 6.45) is 0.